The van der Waals surface area contributed by atoms with E-state index in [4.69, 9.17) is 32.5 Å². The van der Waals surface area contributed by atoms with E-state index in [1.807, 2.05) is 18.2 Å². The normalized spacial score (nSPS) is 10.9. The molecule has 22 heavy (non-hydrogen) atoms. The first-order chi connectivity index (χ1) is 10.7. The molecule has 3 aromatic rings. The summed E-state index contributed by atoms with van der Waals surface area (Å²) in [6.45, 7) is 0.304. The zero-order chi connectivity index (χ0) is 15.5. The van der Waals surface area contributed by atoms with Crippen molar-refractivity contribution in [1.29, 1.82) is 0 Å². The molecule has 0 unspecified atom stereocenters. The van der Waals surface area contributed by atoms with E-state index in [2.05, 4.69) is 15.1 Å². The molecule has 0 spiro atoms. The minimum absolute atomic E-state index is 0.304. The number of methoxy groups -OCH3 is 1. The first kappa shape index (κ1) is 15.0. The first-order valence-electron chi connectivity index (χ1n) is 6.41. The van der Waals surface area contributed by atoms with Crippen LogP contribution in [0.3, 0.4) is 0 Å². The Kier molecular flexibility index (Phi) is 4.38. The molecule has 0 fully saturated rings. The van der Waals surface area contributed by atoms with Crippen molar-refractivity contribution >= 4 is 23.2 Å². The molecule has 0 N–H and O–H groups in total. The minimum atomic E-state index is 0.304. The van der Waals surface area contributed by atoms with Gasteiger partial charge in [0.2, 0.25) is 0 Å². The van der Waals surface area contributed by atoms with Crippen molar-refractivity contribution in [2.24, 2.45) is 0 Å². The molecule has 3 rings (SSSR count). The Labute approximate surface area is 136 Å². The molecule has 0 saturated carbocycles. The second-order valence-corrected chi connectivity index (χ2v) is 5.32. The first-order valence-corrected chi connectivity index (χ1v) is 7.16. The summed E-state index contributed by atoms with van der Waals surface area (Å²) >= 11 is 11.9. The third kappa shape index (κ3) is 3.11. The van der Waals surface area contributed by atoms with Crippen molar-refractivity contribution in [3.05, 3.63) is 52.4 Å². The van der Waals surface area contributed by atoms with E-state index in [1.54, 1.807) is 25.4 Å². The number of nitrogens with zero attached hydrogens (tertiary/aromatic N) is 3. The molecule has 1 aromatic carbocycles. The molecule has 0 aliphatic rings. The van der Waals surface area contributed by atoms with Gasteiger partial charge in [0.25, 0.3) is 5.89 Å². The van der Waals surface area contributed by atoms with Crippen LogP contribution in [0.1, 0.15) is 5.82 Å². The van der Waals surface area contributed by atoms with Crippen LogP contribution in [0, 0.1) is 0 Å². The van der Waals surface area contributed by atoms with Crippen LogP contribution < -0.4 is 0 Å². The molecular weight excluding hydrogens is 325 g/mol. The van der Waals surface area contributed by atoms with Crippen LogP contribution in [0.15, 0.2) is 41.1 Å². The van der Waals surface area contributed by atoms with Crippen molar-refractivity contribution in [3.63, 3.8) is 0 Å². The van der Waals surface area contributed by atoms with Crippen molar-refractivity contribution in [1.82, 2.24) is 15.1 Å². The highest BCUT2D eigenvalue weighted by atomic mass is 35.5. The van der Waals surface area contributed by atoms with Crippen LogP contribution in [0.4, 0.5) is 0 Å². The van der Waals surface area contributed by atoms with Gasteiger partial charge in [0.15, 0.2) is 5.82 Å². The van der Waals surface area contributed by atoms with Crippen molar-refractivity contribution < 1.29 is 9.26 Å². The van der Waals surface area contributed by atoms with Gasteiger partial charge in [-0.1, -0.05) is 34.4 Å². The zero-order valence-corrected chi connectivity index (χ0v) is 13.1. The molecule has 0 aliphatic heterocycles. The number of ether oxygens (including phenoxy) is 1. The number of pyridine rings is 1. The Morgan fingerprint density at radius 2 is 1.91 bits per heavy atom. The van der Waals surface area contributed by atoms with Crippen LogP contribution >= 0.6 is 23.2 Å². The summed E-state index contributed by atoms with van der Waals surface area (Å²) in [4.78, 5) is 8.61. The van der Waals surface area contributed by atoms with E-state index < -0.39 is 0 Å². The smallest absolute Gasteiger partial charge is 0.259 e. The molecule has 0 amide bonds. The number of hydrogen-bond donors (Lipinski definition) is 0. The van der Waals surface area contributed by atoms with Gasteiger partial charge in [0.1, 0.15) is 6.61 Å². The average Bonchev–Trinajstić information content (AvgIpc) is 2.99. The second-order valence-electron chi connectivity index (χ2n) is 4.51. The van der Waals surface area contributed by atoms with E-state index in [-0.39, 0.29) is 0 Å². The van der Waals surface area contributed by atoms with Crippen molar-refractivity contribution in [2.45, 2.75) is 6.61 Å². The summed E-state index contributed by atoms with van der Waals surface area (Å²) < 4.78 is 10.1. The van der Waals surface area contributed by atoms with Gasteiger partial charge in [-0.3, -0.25) is 4.98 Å². The molecule has 7 heteroatoms. The number of hydrogen-bond acceptors (Lipinski definition) is 5. The predicted molar refractivity (Wildman–Crippen MR) is 83.7 cm³/mol. The summed E-state index contributed by atoms with van der Waals surface area (Å²) in [7, 11) is 1.57. The molecule has 5 nitrogen and oxygen atoms in total. The topological polar surface area (TPSA) is 61.0 Å². The van der Waals surface area contributed by atoms with Crippen LogP contribution in [0.25, 0.3) is 22.7 Å². The van der Waals surface area contributed by atoms with Gasteiger partial charge < -0.3 is 9.26 Å². The van der Waals surface area contributed by atoms with Gasteiger partial charge in [-0.2, -0.15) is 4.98 Å². The standard InChI is InChI=1S/C15H11Cl2N3O2/c1-21-8-14-19-15(22-20-14)10-3-5-13(18-7-10)9-2-4-11(16)12(17)6-9/h2-7H,8H2,1H3. The molecule has 0 saturated heterocycles. The minimum Gasteiger partial charge on any atom is -0.377 e. The fourth-order valence-corrected chi connectivity index (χ4v) is 2.20. The zero-order valence-electron chi connectivity index (χ0n) is 11.6. The van der Waals surface area contributed by atoms with Crippen LogP contribution in [-0.4, -0.2) is 22.2 Å². The maximum Gasteiger partial charge on any atom is 0.259 e. The Hall–Kier alpha value is -1.95. The average molecular weight is 336 g/mol. The Morgan fingerprint density at radius 3 is 2.59 bits per heavy atom. The Bertz CT molecular complexity index is 788. The lowest BCUT2D eigenvalue weighted by Gasteiger charge is -2.03. The molecule has 0 radical (unpaired) electrons. The quantitative estimate of drug-likeness (QED) is 0.713. The fraction of sp³-hybridized carbons (Fsp3) is 0.133. The summed E-state index contributed by atoms with van der Waals surface area (Å²) in [5, 5.41) is 4.82. The van der Waals surface area contributed by atoms with Crippen molar-refractivity contribution in [3.8, 4) is 22.7 Å². The van der Waals surface area contributed by atoms with Crippen LogP contribution in [0.2, 0.25) is 10.0 Å². The predicted octanol–water partition coefficient (Wildman–Crippen LogP) is 4.25. The van der Waals surface area contributed by atoms with E-state index in [1.165, 1.54) is 0 Å². The maximum atomic E-state index is 6.02. The summed E-state index contributed by atoms with van der Waals surface area (Å²) in [6.07, 6.45) is 1.67. The van der Waals surface area contributed by atoms with Gasteiger partial charge in [-0.05, 0) is 24.3 Å². The highest BCUT2D eigenvalue weighted by molar-refractivity contribution is 6.42. The highest BCUT2D eigenvalue weighted by Crippen LogP contribution is 2.28. The largest absolute Gasteiger partial charge is 0.377 e. The van der Waals surface area contributed by atoms with E-state index in [0.717, 1.165) is 16.8 Å². The number of rotatable bonds is 4. The number of aromatic nitrogens is 3. The summed E-state index contributed by atoms with van der Waals surface area (Å²) in [5.74, 6) is 0.895. The van der Waals surface area contributed by atoms with Crippen LogP contribution in [-0.2, 0) is 11.3 Å². The third-order valence-electron chi connectivity index (χ3n) is 2.97. The van der Waals surface area contributed by atoms with Gasteiger partial charge in [0.05, 0.1) is 21.3 Å². The molecule has 0 atom stereocenters. The number of halogens is 2. The van der Waals surface area contributed by atoms with Gasteiger partial charge in [-0.25, -0.2) is 0 Å². The van der Waals surface area contributed by atoms with Gasteiger partial charge in [0, 0.05) is 18.9 Å². The molecular formula is C15H11Cl2N3O2. The van der Waals surface area contributed by atoms with Gasteiger partial charge in [-0.15, -0.1) is 0 Å². The molecule has 0 aliphatic carbocycles. The monoisotopic (exact) mass is 335 g/mol. The fourth-order valence-electron chi connectivity index (χ4n) is 1.91. The molecule has 112 valence electrons. The van der Waals surface area contributed by atoms with E-state index in [9.17, 15) is 0 Å². The molecule has 0 bridgehead atoms. The van der Waals surface area contributed by atoms with E-state index in [0.29, 0.717) is 28.4 Å². The lowest BCUT2D eigenvalue weighted by molar-refractivity contribution is 0.174. The third-order valence-corrected chi connectivity index (χ3v) is 3.71. The maximum absolute atomic E-state index is 6.02. The van der Waals surface area contributed by atoms with Gasteiger partial charge >= 0.3 is 0 Å². The lowest BCUT2D eigenvalue weighted by Crippen LogP contribution is -1.90. The summed E-state index contributed by atoms with van der Waals surface area (Å²) in [5.41, 5.74) is 2.39. The molecule has 2 heterocycles. The molecule has 2 aromatic heterocycles. The number of benzene rings is 1. The van der Waals surface area contributed by atoms with Crippen molar-refractivity contribution in [2.75, 3.05) is 7.11 Å². The highest BCUT2D eigenvalue weighted by Gasteiger charge is 2.10. The Balaban J connectivity index is 1.86. The second kappa shape index (κ2) is 6.44. The van der Waals surface area contributed by atoms with E-state index >= 15 is 0 Å². The summed E-state index contributed by atoms with van der Waals surface area (Å²) in [6, 6.07) is 9.09. The SMILES string of the molecule is COCc1noc(-c2ccc(-c3ccc(Cl)c(Cl)c3)nc2)n1. The lowest BCUT2D eigenvalue weighted by atomic mass is 10.1. The van der Waals surface area contributed by atoms with Crippen LogP contribution in [0.5, 0.6) is 0 Å². The Morgan fingerprint density at radius 1 is 1.09 bits per heavy atom.